The third kappa shape index (κ3) is 3.64. The van der Waals surface area contributed by atoms with Crippen molar-refractivity contribution in [1.82, 2.24) is 10.2 Å². The Kier molecular flexibility index (Phi) is 4.48. The normalized spacial score (nSPS) is 17.1. The van der Waals surface area contributed by atoms with Gasteiger partial charge in [-0.3, -0.25) is 4.79 Å². The number of aromatic nitrogens is 2. The molecular weight excluding hydrogens is 254 g/mol. The summed E-state index contributed by atoms with van der Waals surface area (Å²) in [5.41, 5.74) is 0. The molecule has 1 N–H and O–H groups in total. The van der Waals surface area contributed by atoms with Gasteiger partial charge in [-0.15, -0.1) is 10.2 Å². The fourth-order valence-electron chi connectivity index (χ4n) is 1.94. The first-order chi connectivity index (χ1) is 8.65. The highest BCUT2D eigenvalue weighted by molar-refractivity contribution is 7.15. The molecule has 2 heterocycles. The Morgan fingerprint density at radius 3 is 2.78 bits per heavy atom. The molecule has 0 spiro atoms. The molecule has 100 valence electrons. The van der Waals surface area contributed by atoms with Gasteiger partial charge in [0.1, 0.15) is 5.01 Å². The van der Waals surface area contributed by atoms with Crippen molar-refractivity contribution in [3.63, 3.8) is 0 Å². The van der Waals surface area contributed by atoms with E-state index >= 15 is 0 Å². The van der Waals surface area contributed by atoms with Crippen LogP contribution >= 0.6 is 11.3 Å². The van der Waals surface area contributed by atoms with E-state index in [0.717, 1.165) is 36.1 Å². The van der Waals surface area contributed by atoms with Crippen LogP contribution in [-0.2, 0) is 9.53 Å². The Balaban J connectivity index is 1.73. The summed E-state index contributed by atoms with van der Waals surface area (Å²) in [7, 11) is 0. The van der Waals surface area contributed by atoms with Gasteiger partial charge in [0, 0.05) is 13.1 Å². The van der Waals surface area contributed by atoms with E-state index in [-0.39, 0.29) is 12.5 Å². The minimum atomic E-state index is -0.809. The first kappa shape index (κ1) is 13.2. The van der Waals surface area contributed by atoms with Gasteiger partial charge in [-0.05, 0) is 19.8 Å². The molecule has 0 aliphatic carbocycles. The van der Waals surface area contributed by atoms with Crippen molar-refractivity contribution in [3.8, 4) is 0 Å². The number of hydrogen-bond acceptors (Lipinski definition) is 6. The Labute approximate surface area is 110 Å². The van der Waals surface area contributed by atoms with Gasteiger partial charge < -0.3 is 14.7 Å². The number of hydrogen-bond donors (Lipinski definition) is 1. The van der Waals surface area contributed by atoms with Gasteiger partial charge in [0.2, 0.25) is 5.13 Å². The molecule has 1 aromatic rings. The molecule has 0 amide bonds. The quantitative estimate of drug-likeness (QED) is 0.870. The number of ether oxygens (including phenoxy) is 1. The SMILES string of the molecule is Cc1nnc(N2CCC(OCCC(=O)O)CC2)s1. The number of carboxylic acids is 1. The van der Waals surface area contributed by atoms with Gasteiger partial charge in [-0.25, -0.2) is 0 Å². The van der Waals surface area contributed by atoms with Crippen LogP contribution in [0, 0.1) is 6.92 Å². The summed E-state index contributed by atoms with van der Waals surface area (Å²) in [5.74, 6) is -0.809. The zero-order valence-electron chi connectivity index (χ0n) is 10.3. The van der Waals surface area contributed by atoms with Crippen LogP contribution in [-0.4, -0.2) is 47.1 Å². The minimum absolute atomic E-state index is 0.0792. The molecule has 0 radical (unpaired) electrons. The van der Waals surface area contributed by atoms with E-state index in [9.17, 15) is 4.79 Å². The maximum Gasteiger partial charge on any atom is 0.305 e. The van der Waals surface area contributed by atoms with E-state index in [1.54, 1.807) is 11.3 Å². The van der Waals surface area contributed by atoms with Crippen molar-refractivity contribution >= 4 is 22.4 Å². The molecule has 18 heavy (non-hydrogen) atoms. The molecule has 1 aromatic heterocycles. The Hall–Kier alpha value is -1.21. The average molecular weight is 271 g/mol. The average Bonchev–Trinajstić information content (AvgIpc) is 2.76. The lowest BCUT2D eigenvalue weighted by molar-refractivity contribution is -0.138. The summed E-state index contributed by atoms with van der Waals surface area (Å²) < 4.78 is 5.54. The van der Waals surface area contributed by atoms with Gasteiger partial charge >= 0.3 is 5.97 Å². The molecule has 6 nitrogen and oxygen atoms in total. The van der Waals surface area contributed by atoms with Gasteiger partial charge in [0.05, 0.1) is 19.1 Å². The van der Waals surface area contributed by atoms with Crippen LogP contribution in [0.15, 0.2) is 0 Å². The molecule has 7 heteroatoms. The molecule has 0 aromatic carbocycles. The molecule has 1 fully saturated rings. The fourth-order valence-corrected chi connectivity index (χ4v) is 2.68. The maximum atomic E-state index is 10.4. The topological polar surface area (TPSA) is 75.5 Å². The number of rotatable bonds is 5. The summed E-state index contributed by atoms with van der Waals surface area (Å²) in [5, 5.41) is 18.6. The molecule has 0 saturated carbocycles. The van der Waals surface area contributed by atoms with Crippen LogP contribution in [0.1, 0.15) is 24.3 Å². The van der Waals surface area contributed by atoms with E-state index < -0.39 is 5.97 Å². The van der Waals surface area contributed by atoms with Crippen molar-refractivity contribution in [1.29, 1.82) is 0 Å². The number of aryl methyl sites for hydroxylation is 1. The number of carbonyl (C=O) groups is 1. The van der Waals surface area contributed by atoms with Gasteiger partial charge in [-0.1, -0.05) is 11.3 Å². The lowest BCUT2D eigenvalue weighted by Crippen LogP contribution is -2.37. The number of nitrogens with zero attached hydrogens (tertiary/aromatic N) is 3. The summed E-state index contributed by atoms with van der Waals surface area (Å²) in [6, 6.07) is 0. The molecular formula is C11H17N3O3S. The van der Waals surface area contributed by atoms with E-state index in [0.29, 0.717) is 6.61 Å². The van der Waals surface area contributed by atoms with Gasteiger partial charge in [0.25, 0.3) is 0 Å². The summed E-state index contributed by atoms with van der Waals surface area (Å²) in [6.07, 6.45) is 2.08. The van der Waals surface area contributed by atoms with Crippen molar-refractivity contribution in [2.24, 2.45) is 0 Å². The number of aliphatic carboxylic acids is 1. The van der Waals surface area contributed by atoms with Crippen molar-refractivity contribution in [2.75, 3.05) is 24.6 Å². The van der Waals surface area contributed by atoms with Crippen LogP contribution in [0.4, 0.5) is 5.13 Å². The van der Waals surface area contributed by atoms with Crippen LogP contribution in [0.3, 0.4) is 0 Å². The highest BCUT2D eigenvalue weighted by Gasteiger charge is 2.21. The fraction of sp³-hybridized carbons (Fsp3) is 0.727. The summed E-state index contributed by atoms with van der Waals surface area (Å²) in [4.78, 5) is 12.6. The van der Waals surface area contributed by atoms with E-state index in [1.807, 2.05) is 6.92 Å². The number of anilines is 1. The summed E-state index contributed by atoms with van der Waals surface area (Å²) in [6.45, 7) is 4.04. The molecule has 1 saturated heterocycles. The largest absolute Gasteiger partial charge is 0.481 e. The zero-order valence-corrected chi connectivity index (χ0v) is 11.2. The van der Waals surface area contributed by atoms with Crippen molar-refractivity contribution in [3.05, 3.63) is 5.01 Å². The Morgan fingerprint density at radius 2 is 2.22 bits per heavy atom. The molecule has 2 rings (SSSR count). The molecule has 1 aliphatic heterocycles. The van der Waals surface area contributed by atoms with Crippen molar-refractivity contribution < 1.29 is 14.6 Å². The smallest absolute Gasteiger partial charge is 0.305 e. The zero-order chi connectivity index (χ0) is 13.0. The second-order valence-corrected chi connectivity index (χ2v) is 5.46. The Bertz CT molecular complexity index is 402. The lowest BCUT2D eigenvalue weighted by atomic mass is 10.1. The van der Waals surface area contributed by atoms with Crippen LogP contribution in [0.25, 0.3) is 0 Å². The van der Waals surface area contributed by atoms with Crippen molar-refractivity contribution in [2.45, 2.75) is 32.3 Å². The second-order valence-electron chi connectivity index (χ2n) is 4.30. The third-order valence-electron chi connectivity index (χ3n) is 2.90. The lowest BCUT2D eigenvalue weighted by Gasteiger charge is -2.31. The molecule has 0 bridgehead atoms. The highest BCUT2D eigenvalue weighted by atomic mass is 32.1. The van der Waals surface area contributed by atoms with Crippen LogP contribution in [0.2, 0.25) is 0 Å². The van der Waals surface area contributed by atoms with Gasteiger partial charge in [0.15, 0.2) is 0 Å². The van der Waals surface area contributed by atoms with E-state index in [1.165, 1.54) is 0 Å². The second kappa shape index (κ2) is 6.10. The first-order valence-corrected chi connectivity index (χ1v) is 6.85. The van der Waals surface area contributed by atoms with Gasteiger partial charge in [-0.2, -0.15) is 0 Å². The number of carboxylic acid groups (broad SMARTS) is 1. The highest BCUT2D eigenvalue weighted by Crippen LogP contribution is 2.24. The summed E-state index contributed by atoms with van der Waals surface area (Å²) >= 11 is 1.60. The molecule has 0 unspecified atom stereocenters. The first-order valence-electron chi connectivity index (χ1n) is 6.03. The predicted octanol–water partition coefficient (Wildman–Crippen LogP) is 1.31. The predicted molar refractivity (Wildman–Crippen MR) is 68.1 cm³/mol. The third-order valence-corrected chi connectivity index (χ3v) is 3.80. The molecule has 1 aliphatic rings. The monoisotopic (exact) mass is 271 g/mol. The standard InChI is InChI=1S/C11H17N3O3S/c1-8-12-13-11(18-8)14-5-2-9(3-6-14)17-7-4-10(15)16/h9H,2-7H2,1H3,(H,15,16). The van der Waals surface area contributed by atoms with E-state index in [4.69, 9.17) is 9.84 Å². The van der Waals surface area contributed by atoms with Crippen LogP contribution in [0.5, 0.6) is 0 Å². The van der Waals surface area contributed by atoms with Crippen LogP contribution < -0.4 is 4.90 Å². The number of piperidine rings is 1. The minimum Gasteiger partial charge on any atom is -0.481 e. The van der Waals surface area contributed by atoms with E-state index in [2.05, 4.69) is 15.1 Å². The molecule has 0 atom stereocenters. The Morgan fingerprint density at radius 1 is 1.50 bits per heavy atom. The maximum absolute atomic E-state index is 10.4.